The first-order valence-corrected chi connectivity index (χ1v) is 11.7. The number of carbonyl (C=O) groups excluding carboxylic acids is 1. The van der Waals surface area contributed by atoms with E-state index in [4.69, 9.17) is 29.2 Å². The van der Waals surface area contributed by atoms with E-state index in [-0.39, 0.29) is 18.0 Å². The Hall–Kier alpha value is -2.08. The van der Waals surface area contributed by atoms with E-state index in [1.54, 1.807) is 19.1 Å². The van der Waals surface area contributed by atoms with Crippen molar-refractivity contribution in [3.63, 3.8) is 0 Å². The lowest BCUT2D eigenvalue weighted by atomic mass is 10.1. The summed E-state index contributed by atoms with van der Waals surface area (Å²) in [5.74, 6) is -0.346. The van der Waals surface area contributed by atoms with Crippen LogP contribution in [0.3, 0.4) is 0 Å². The monoisotopic (exact) mass is 480 g/mol. The molecule has 3 aliphatic heterocycles. The fourth-order valence-electron chi connectivity index (χ4n) is 4.23. The Balaban J connectivity index is 1.34. The molecule has 1 aromatic rings. The van der Waals surface area contributed by atoms with Gasteiger partial charge in [-0.2, -0.15) is 0 Å². The van der Waals surface area contributed by atoms with Gasteiger partial charge in [0.2, 0.25) is 0 Å². The van der Waals surface area contributed by atoms with Gasteiger partial charge in [-0.3, -0.25) is 4.90 Å². The highest BCUT2D eigenvalue weighted by Crippen LogP contribution is 2.28. The highest BCUT2D eigenvalue weighted by atomic mass is 32.1. The van der Waals surface area contributed by atoms with Crippen molar-refractivity contribution in [1.82, 2.24) is 20.9 Å². The largest absolute Gasteiger partial charge is 0.442 e. The van der Waals surface area contributed by atoms with Crippen LogP contribution in [0.4, 0.5) is 20.6 Å². The maximum atomic E-state index is 15.0. The molecule has 2 atom stereocenters. The first-order chi connectivity index (χ1) is 15.4. The molecule has 0 aliphatic carbocycles. The van der Waals surface area contributed by atoms with Crippen molar-refractivity contribution in [2.75, 3.05) is 68.7 Å². The molecule has 4 rings (SSSR count). The fraction of sp³-hybridized carbons (Fsp3) is 0.571. The number of anilines is 2. The van der Waals surface area contributed by atoms with Crippen LogP contribution in [0.25, 0.3) is 0 Å². The highest BCUT2D eigenvalue weighted by Gasteiger charge is 2.33. The Bertz CT molecular complexity index is 874. The molecule has 1 amide bonds. The number of benzene rings is 1. The summed E-state index contributed by atoms with van der Waals surface area (Å²) in [6.45, 7) is 8.17. The summed E-state index contributed by atoms with van der Waals surface area (Å²) < 4.78 is 20.4. The third-order valence-electron chi connectivity index (χ3n) is 5.97. The first-order valence-electron chi connectivity index (χ1n) is 10.9. The summed E-state index contributed by atoms with van der Waals surface area (Å²) >= 11 is 10.7. The number of thiocarbonyl (C=S) groups is 2. The van der Waals surface area contributed by atoms with Gasteiger partial charge in [-0.25, -0.2) is 9.18 Å². The molecule has 0 saturated carbocycles. The van der Waals surface area contributed by atoms with Gasteiger partial charge in [-0.1, -0.05) is 24.4 Å². The number of carbonyl (C=O) groups is 1. The third-order valence-corrected chi connectivity index (χ3v) is 6.65. The van der Waals surface area contributed by atoms with Gasteiger partial charge in [0.1, 0.15) is 11.9 Å². The Morgan fingerprint density at radius 1 is 1.25 bits per heavy atom. The van der Waals surface area contributed by atoms with Crippen LogP contribution in [0.1, 0.15) is 6.92 Å². The zero-order chi connectivity index (χ0) is 22.7. The molecule has 0 spiro atoms. The number of nitrogens with one attached hydrogen (secondary N) is 3. The van der Waals surface area contributed by atoms with E-state index in [0.717, 1.165) is 37.7 Å². The summed E-state index contributed by atoms with van der Waals surface area (Å²) in [5, 5.41) is 9.81. The summed E-state index contributed by atoms with van der Waals surface area (Å²) in [6.07, 6.45) is -0.798. The summed E-state index contributed by atoms with van der Waals surface area (Å²) in [5.41, 5.74) is 1.03. The van der Waals surface area contributed by atoms with Crippen LogP contribution < -0.4 is 25.8 Å². The molecular weight excluding hydrogens is 451 g/mol. The standard InChI is InChI=1S/C21H29FN6O2S2/c1-14(31)25-11-16-13-28(21(29)30-16)15-2-3-19(17(22)10-15)26-6-8-27(9-7-26)20(32)18-12-23-4-5-24-18/h2-3,10,16,18,23-24H,4-9,11-13H2,1H3,(H,25,31)/t16-,18?/m0/s1. The van der Waals surface area contributed by atoms with Crippen molar-refractivity contribution < 1.29 is 13.9 Å². The molecule has 1 aromatic carbocycles. The minimum Gasteiger partial charge on any atom is -0.442 e. The number of ether oxygens (including phenoxy) is 1. The summed E-state index contributed by atoms with van der Waals surface area (Å²) in [6, 6.07) is 5.10. The number of cyclic esters (lactones) is 1. The Kier molecular flexibility index (Phi) is 7.39. The Morgan fingerprint density at radius 3 is 2.69 bits per heavy atom. The highest BCUT2D eigenvalue weighted by molar-refractivity contribution is 7.80. The molecule has 3 saturated heterocycles. The maximum Gasteiger partial charge on any atom is 0.414 e. The van der Waals surface area contributed by atoms with Crippen molar-refractivity contribution >= 4 is 51.9 Å². The molecule has 8 nitrogen and oxygen atoms in total. The molecule has 3 aliphatic rings. The van der Waals surface area contributed by atoms with Gasteiger partial charge in [-0.15, -0.1) is 0 Å². The zero-order valence-corrected chi connectivity index (χ0v) is 19.7. The molecule has 3 heterocycles. The average Bonchev–Trinajstić information content (AvgIpc) is 3.18. The molecule has 3 N–H and O–H groups in total. The Morgan fingerprint density at radius 2 is 2.03 bits per heavy atom. The number of hydrogen-bond acceptors (Lipinski definition) is 7. The molecule has 32 heavy (non-hydrogen) atoms. The third kappa shape index (κ3) is 5.28. The first kappa shape index (κ1) is 23.1. The van der Waals surface area contributed by atoms with Gasteiger partial charge in [0, 0.05) is 45.8 Å². The topological polar surface area (TPSA) is 72.1 Å². The summed E-state index contributed by atoms with van der Waals surface area (Å²) in [4.78, 5) is 19.5. The van der Waals surface area contributed by atoms with E-state index in [0.29, 0.717) is 42.5 Å². The van der Waals surface area contributed by atoms with Gasteiger partial charge in [0.15, 0.2) is 0 Å². The van der Waals surface area contributed by atoms with Gasteiger partial charge in [0.25, 0.3) is 0 Å². The number of hydrogen-bond donors (Lipinski definition) is 3. The molecule has 1 unspecified atom stereocenters. The molecular formula is C21H29FN6O2S2. The minimum atomic E-state index is -0.473. The lowest BCUT2D eigenvalue weighted by Crippen LogP contribution is -2.59. The van der Waals surface area contributed by atoms with Crippen molar-refractivity contribution in [3.05, 3.63) is 24.0 Å². The smallest absolute Gasteiger partial charge is 0.414 e. The number of amides is 1. The fourth-order valence-corrected chi connectivity index (χ4v) is 4.67. The second kappa shape index (κ2) is 10.2. The quantitative estimate of drug-likeness (QED) is 0.538. The predicted molar refractivity (Wildman–Crippen MR) is 131 cm³/mol. The van der Waals surface area contributed by atoms with Crippen LogP contribution in [0, 0.1) is 5.82 Å². The number of rotatable bonds is 5. The van der Waals surface area contributed by atoms with Crippen molar-refractivity contribution in [2.45, 2.75) is 19.1 Å². The SMILES string of the molecule is CC(=S)NC[C@H]1CN(c2ccc(N3CCN(C(=S)C4CNCCN4)CC3)c(F)c2)C(=O)O1. The molecule has 11 heteroatoms. The van der Waals surface area contributed by atoms with E-state index in [1.165, 1.54) is 11.0 Å². The Labute approximate surface area is 198 Å². The molecule has 174 valence electrons. The lowest BCUT2D eigenvalue weighted by molar-refractivity contribution is 0.143. The molecule has 0 radical (unpaired) electrons. The van der Waals surface area contributed by atoms with Crippen LogP contribution in [0.5, 0.6) is 0 Å². The van der Waals surface area contributed by atoms with E-state index in [9.17, 15) is 4.79 Å². The van der Waals surface area contributed by atoms with Gasteiger partial charge in [0.05, 0.1) is 40.5 Å². The average molecular weight is 481 g/mol. The van der Waals surface area contributed by atoms with Crippen LogP contribution in [-0.2, 0) is 4.74 Å². The zero-order valence-electron chi connectivity index (χ0n) is 18.1. The van der Waals surface area contributed by atoms with Crippen molar-refractivity contribution in [3.8, 4) is 0 Å². The number of nitrogens with zero attached hydrogens (tertiary/aromatic N) is 3. The van der Waals surface area contributed by atoms with E-state index in [1.807, 2.05) is 4.90 Å². The number of halogens is 1. The second-order valence-corrected chi connectivity index (χ2v) is 9.24. The van der Waals surface area contributed by atoms with Gasteiger partial charge >= 0.3 is 6.09 Å². The maximum absolute atomic E-state index is 15.0. The summed E-state index contributed by atoms with van der Waals surface area (Å²) in [7, 11) is 0. The second-order valence-electron chi connectivity index (χ2n) is 8.21. The van der Waals surface area contributed by atoms with Gasteiger partial charge < -0.3 is 30.5 Å². The van der Waals surface area contributed by atoms with Gasteiger partial charge in [-0.05, 0) is 25.1 Å². The lowest BCUT2D eigenvalue weighted by Gasteiger charge is -2.40. The van der Waals surface area contributed by atoms with E-state index >= 15 is 4.39 Å². The molecule has 3 fully saturated rings. The van der Waals surface area contributed by atoms with Crippen molar-refractivity contribution in [1.29, 1.82) is 0 Å². The predicted octanol–water partition coefficient (Wildman–Crippen LogP) is 1.10. The molecule has 0 bridgehead atoms. The number of piperazine rings is 2. The normalized spacial score (nSPS) is 23.8. The van der Waals surface area contributed by atoms with Crippen molar-refractivity contribution in [2.24, 2.45) is 0 Å². The minimum absolute atomic E-state index is 0.175. The van der Waals surface area contributed by atoms with E-state index in [2.05, 4.69) is 20.9 Å². The van der Waals surface area contributed by atoms with Crippen LogP contribution in [-0.4, -0.2) is 92.0 Å². The van der Waals surface area contributed by atoms with Crippen LogP contribution >= 0.6 is 24.4 Å². The van der Waals surface area contributed by atoms with Crippen LogP contribution in [0.2, 0.25) is 0 Å². The van der Waals surface area contributed by atoms with Crippen LogP contribution in [0.15, 0.2) is 18.2 Å². The van der Waals surface area contributed by atoms with E-state index < -0.39 is 6.09 Å². The molecule has 0 aromatic heterocycles.